The maximum Gasteiger partial charge on any atom is 3.00 e. The molecule has 0 aliphatic rings. The summed E-state index contributed by atoms with van der Waals surface area (Å²) in [5.74, 6) is 0. The first-order chi connectivity index (χ1) is 23.9. The van der Waals surface area contributed by atoms with Crippen molar-refractivity contribution >= 4 is 10.8 Å². The van der Waals surface area contributed by atoms with Gasteiger partial charge in [-0.05, 0) is 59.8 Å². The molecule has 222 valence electrons. The average molecular weight is 767 g/mol. The molecule has 0 N–H and O–H groups in total. The Hall–Kier alpha value is -4.76. The Labute approximate surface area is 288 Å². The van der Waals surface area contributed by atoms with Gasteiger partial charge in [0.1, 0.15) is 0 Å². The number of pyridine rings is 3. The Morgan fingerprint density at radius 2 is 1.20 bits per heavy atom. The molecule has 0 bridgehead atoms. The van der Waals surface area contributed by atoms with Gasteiger partial charge < -0.3 is 15.0 Å². The van der Waals surface area contributed by atoms with Crippen molar-refractivity contribution < 1.29 is 28.3 Å². The summed E-state index contributed by atoms with van der Waals surface area (Å²) in [6, 6.07) is 48.8. The minimum atomic E-state index is -2.16. The van der Waals surface area contributed by atoms with Gasteiger partial charge in [-0.1, -0.05) is 62.4 Å². The van der Waals surface area contributed by atoms with Crippen molar-refractivity contribution in [1.82, 2.24) is 15.0 Å². The Morgan fingerprint density at radius 3 is 1.76 bits per heavy atom. The number of aryl methyl sites for hydroxylation is 4. The zero-order valence-electron chi connectivity index (χ0n) is 30.9. The molecule has 0 saturated heterocycles. The summed E-state index contributed by atoms with van der Waals surface area (Å²) in [4.78, 5) is 12.8. The van der Waals surface area contributed by atoms with Gasteiger partial charge in [0.2, 0.25) is 0 Å². The van der Waals surface area contributed by atoms with E-state index in [0.29, 0.717) is 11.4 Å². The molecule has 0 aliphatic heterocycles. The first kappa shape index (κ1) is 25.6. The van der Waals surface area contributed by atoms with E-state index in [1.807, 2.05) is 48.7 Å². The molecule has 0 amide bonds. The van der Waals surface area contributed by atoms with E-state index < -0.39 is 13.7 Å². The fourth-order valence-corrected chi connectivity index (χ4v) is 4.63. The SMILES string of the molecule is Cc1[c-]c(-c2nccc3ccccc23)cc(C)c1.[2H]C([2H])([2H])c1cccc(-c2[c-]cccc2)n1.[2H]C([2H])([2H])c1cccc(-c2[c-]cccc2)n1.[Ir+3]. The van der Waals surface area contributed by atoms with Gasteiger partial charge in [0.05, 0.1) is 0 Å². The van der Waals surface area contributed by atoms with Gasteiger partial charge in [-0.3, -0.25) is 0 Å². The van der Waals surface area contributed by atoms with Gasteiger partial charge in [-0.2, -0.15) is 0 Å². The molecule has 0 fully saturated rings. The van der Waals surface area contributed by atoms with Crippen molar-refractivity contribution in [2.75, 3.05) is 0 Å². The molecule has 0 aliphatic carbocycles. The second-order valence-corrected chi connectivity index (χ2v) is 10.0. The van der Waals surface area contributed by atoms with Crippen LogP contribution in [0, 0.1) is 45.8 Å². The van der Waals surface area contributed by atoms with Gasteiger partial charge in [-0.15, -0.1) is 107 Å². The molecule has 3 heterocycles. The van der Waals surface area contributed by atoms with Crippen LogP contribution < -0.4 is 0 Å². The zero-order chi connectivity index (χ0) is 35.7. The van der Waals surface area contributed by atoms with E-state index in [0.717, 1.165) is 27.9 Å². The standard InChI is InChI=1S/C17H14N.2C12H10N.Ir/c1-12-9-13(2)11-15(10-12)17-16-6-4-3-5-14(16)7-8-18-17;2*1-10-6-5-9-12(13-10)11-7-3-2-4-8-11;/h3-10H,1-2H3;2*2-7,9H,1H3;/q3*-1;+3/i;2*1D3;. The number of nitrogens with zero attached hydrogens (tertiary/aromatic N) is 3. The molecule has 0 unspecified atom stereocenters. The number of aromatic nitrogens is 3. The van der Waals surface area contributed by atoms with Crippen molar-refractivity contribution in [1.29, 1.82) is 0 Å². The number of hydrogen-bond acceptors (Lipinski definition) is 3. The van der Waals surface area contributed by atoms with E-state index in [4.69, 9.17) is 8.22 Å². The van der Waals surface area contributed by atoms with Gasteiger partial charge >= 0.3 is 20.1 Å². The first-order valence-corrected chi connectivity index (χ1v) is 14.1. The third-order valence-corrected chi connectivity index (χ3v) is 6.54. The van der Waals surface area contributed by atoms with Gasteiger partial charge in [0.25, 0.3) is 0 Å². The van der Waals surface area contributed by atoms with Crippen LogP contribution in [0.5, 0.6) is 0 Å². The Balaban J connectivity index is 0.000000170. The van der Waals surface area contributed by atoms with Crippen LogP contribution in [0.1, 0.15) is 30.7 Å². The third-order valence-electron chi connectivity index (χ3n) is 6.54. The van der Waals surface area contributed by atoms with Crippen molar-refractivity contribution in [3.8, 4) is 33.8 Å². The molecule has 0 spiro atoms. The topological polar surface area (TPSA) is 38.7 Å². The van der Waals surface area contributed by atoms with Crippen molar-refractivity contribution in [2.45, 2.75) is 27.6 Å². The predicted octanol–water partition coefficient (Wildman–Crippen LogP) is 10.0. The second kappa shape index (κ2) is 16.4. The van der Waals surface area contributed by atoms with Crippen LogP contribution in [-0.2, 0) is 20.1 Å². The molecule has 7 aromatic rings. The minimum absolute atomic E-state index is 0. The van der Waals surface area contributed by atoms with Crippen molar-refractivity contribution in [3.63, 3.8) is 0 Å². The molecular weight excluding hydrogens is 727 g/mol. The van der Waals surface area contributed by atoms with E-state index >= 15 is 0 Å². The number of hydrogen-bond donors (Lipinski definition) is 0. The van der Waals surface area contributed by atoms with E-state index in [9.17, 15) is 0 Å². The van der Waals surface area contributed by atoms with Crippen LogP contribution in [0.3, 0.4) is 0 Å². The summed E-state index contributed by atoms with van der Waals surface area (Å²) in [5, 5.41) is 2.40. The summed E-state index contributed by atoms with van der Waals surface area (Å²) < 4.78 is 43.8. The molecular formula is C41H34IrN3. The van der Waals surface area contributed by atoms with Gasteiger partial charge in [0, 0.05) is 25.8 Å². The smallest absolute Gasteiger partial charge is 0.304 e. The maximum atomic E-state index is 7.29. The maximum absolute atomic E-state index is 7.29. The Kier molecular flexibility index (Phi) is 9.28. The largest absolute Gasteiger partial charge is 3.00 e. The molecule has 45 heavy (non-hydrogen) atoms. The van der Waals surface area contributed by atoms with Crippen LogP contribution >= 0.6 is 0 Å². The molecule has 4 aromatic carbocycles. The normalized spacial score (nSPS) is 12.6. The summed E-state index contributed by atoms with van der Waals surface area (Å²) in [7, 11) is 0. The first-order valence-electron chi connectivity index (χ1n) is 17.1. The Morgan fingerprint density at radius 1 is 0.600 bits per heavy atom. The molecule has 0 radical (unpaired) electrons. The van der Waals surface area contributed by atoms with Crippen LogP contribution in [0.15, 0.2) is 134 Å². The van der Waals surface area contributed by atoms with Gasteiger partial charge in [-0.25, -0.2) is 0 Å². The number of benzene rings is 4. The summed E-state index contributed by atoms with van der Waals surface area (Å²) in [6.45, 7) is -0.146. The molecule has 3 aromatic heterocycles. The van der Waals surface area contributed by atoms with Gasteiger partial charge in [0.15, 0.2) is 0 Å². The molecule has 4 heteroatoms. The summed E-state index contributed by atoms with van der Waals surface area (Å²) in [6.07, 6.45) is 1.86. The van der Waals surface area contributed by atoms with E-state index in [1.54, 1.807) is 36.4 Å². The quantitative estimate of drug-likeness (QED) is 0.168. The van der Waals surface area contributed by atoms with E-state index in [-0.39, 0.29) is 31.5 Å². The van der Waals surface area contributed by atoms with Crippen molar-refractivity contribution in [3.05, 3.63) is 174 Å². The molecule has 0 saturated carbocycles. The van der Waals surface area contributed by atoms with Crippen LogP contribution in [-0.4, -0.2) is 15.0 Å². The van der Waals surface area contributed by atoms with E-state index in [2.05, 4.69) is 83.4 Å². The van der Waals surface area contributed by atoms with Crippen LogP contribution in [0.2, 0.25) is 0 Å². The number of fused-ring (bicyclic) bond motifs is 1. The summed E-state index contributed by atoms with van der Waals surface area (Å²) in [5.41, 5.74) is 7.58. The average Bonchev–Trinajstić information content (AvgIpc) is 3.12. The molecule has 3 nitrogen and oxygen atoms in total. The van der Waals surface area contributed by atoms with Crippen molar-refractivity contribution in [2.24, 2.45) is 0 Å². The van der Waals surface area contributed by atoms with Crippen LogP contribution in [0.4, 0.5) is 0 Å². The zero-order valence-corrected chi connectivity index (χ0v) is 27.3. The van der Waals surface area contributed by atoms with E-state index in [1.165, 1.54) is 28.5 Å². The molecule has 0 atom stereocenters. The predicted molar refractivity (Wildman–Crippen MR) is 182 cm³/mol. The fraction of sp³-hybridized carbons (Fsp3) is 0.0976. The fourth-order valence-electron chi connectivity index (χ4n) is 4.63. The third kappa shape index (κ3) is 9.36. The number of rotatable bonds is 3. The van der Waals surface area contributed by atoms with Crippen LogP contribution in [0.25, 0.3) is 44.5 Å². The summed E-state index contributed by atoms with van der Waals surface area (Å²) >= 11 is 0. The second-order valence-electron chi connectivity index (χ2n) is 10.0. The monoisotopic (exact) mass is 767 g/mol. The Bertz CT molecular complexity index is 2050. The minimum Gasteiger partial charge on any atom is -0.304 e. The molecule has 7 rings (SSSR count).